The number of fused-ring (bicyclic) bond motifs is 1. The number of nitrogens with one attached hydrogen (secondary N) is 1. The van der Waals surface area contributed by atoms with E-state index in [1.165, 1.54) is 0 Å². The third-order valence-electron chi connectivity index (χ3n) is 4.99. The van der Waals surface area contributed by atoms with Gasteiger partial charge in [0.2, 0.25) is 0 Å². The van der Waals surface area contributed by atoms with Gasteiger partial charge in [-0.1, -0.05) is 12.1 Å². The molecule has 1 atom stereocenters. The van der Waals surface area contributed by atoms with Crippen molar-refractivity contribution in [1.82, 2.24) is 24.6 Å². The Hall–Kier alpha value is -3.35. The van der Waals surface area contributed by atoms with Gasteiger partial charge in [-0.05, 0) is 43.2 Å². The molecular weight excluding hydrogens is 342 g/mol. The molecule has 1 aromatic carbocycles. The van der Waals surface area contributed by atoms with Crippen LogP contribution in [0.25, 0.3) is 11.0 Å². The van der Waals surface area contributed by atoms with Gasteiger partial charge in [0.1, 0.15) is 11.6 Å². The van der Waals surface area contributed by atoms with Crippen LogP contribution in [0.3, 0.4) is 0 Å². The average Bonchev–Trinajstić information content (AvgIpc) is 3.45. The minimum atomic E-state index is -0.0929. The Morgan fingerprint density at radius 3 is 3.00 bits per heavy atom. The number of carbonyl (C=O) groups excluding carboxylic acids is 1. The first-order chi connectivity index (χ1) is 13.3. The van der Waals surface area contributed by atoms with E-state index in [1.807, 2.05) is 47.5 Å². The van der Waals surface area contributed by atoms with Gasteiger partial charge in [-0.25, -0.2) is 4.98 Å². The van der Waals surface area contributed by atoms with Gasteiger partial charge in [0.05, 0.1) is 23.6 Å². The molecule has 136 valence electrons. The fraction of sp³-hybridized carbons (Fsp3) is 0.250. The lowest BCUT2D eigenvalue weighted by molar-refractivity contribution is 0.0696. The van der Waals surface area contributed by atoms with Crippen LogP contribution >= 0.6 is 0 Å². The second kappa shape index (κ2) is 6.42. The molecule has 1 N–H and O–H groups in total. The molecule has 7 nitrogen and oxygen atoms in total. The van der Waals surface area contributed by atoms with Crippen molar-refractivity contribution in [1.29, 1.82) is 0 Å². The van der Waals surface area contributed by atoms with Crippen molar-refractivity contribution in [2.24, 2.45) is 0 Å². The molecule has 7 heteroatoms. The molecule has 0 saturated carbocycles. The Morgan fingerprint density at radius 2 is 2.15 bits per heavy atom. The average molecular weight is 361 g/mol. The first kappa shape index (κ1) is 15.9. The summed E-state index contributed by atoms with van der Waals surface area (Å²) in [5.41, 5.74) is 1.91. The molecule has 0 unspecified atom stereocenters. The van der Waals surface area contributed by atoms with Crippen LogP contribution in [0.1, 0.15) is 41.0 Å². The van der Waals surface area contributed by atoms with Gasteiger partial charge >= 0.3 is 0 Å². The Labute approximate surface area is 155 Å². The molecule has 0 radical (unpaired) electrons. The first-order valence-corrected chi connectivity index (χ1v) is 9.10. The predicted molar refractivity (Wildman–Crippen MR) is 99.1 cm³/mol. The molecule has 0 spiro atoms. The molecular formula is C20H19N5O2. The Balaban J connectivity index is 1.38. The molecule has 1 aliphatic rings. The van der Waals surface area contributed by atoms with Crippen molar-refractivity contribution >= 4 is 16.9 Å². The van der Waals surface area contributed by atoms with E-state index in [0.717, 1.165) is 29.7 Å². The highest BCUT2D eigenvalue weighted by Gasteiger charge is 2.34. The number of nitrogens with zero attached hydrogens (tertiary/aromatic N) is 4. The van der Waals surface area contributed by atoms with Gasteiger partial charge in [0, 0.05) is 18.9 Å². The molecule has 1 amide bonds. The fourth-order valence-corrected chi connectivity index (χ4v) is 3.70. The number of rotatable bonds is 4. The maximum Gasteiger partial charge on any atom is 0.290 e. The predicted octanol–water partition coefficient (Wildman–Crippen LogP) is 3.38. The van der Waals surface area contributed by atoms with Crippen molar-refractivity contribution < 1.29 is 9.21 Å². The van der Waals surface area contributed by atoms with E-state index in [2.05, 4.69) is 15.1 Å². The summed E-state index contributed by atoms with van der Waals surface area (Å²) in [6.45, 7) is 1.21. The van der Waals surface area contributed by atoms with Crippen LogP contribution in [0, 0.1) is 0 Å². The van der Waals surface area contributed by atoms with E-state index in [-0.39, 0.29) is 11.9 Å². The van der Waals surface area contributed by atoms with E-state index in [9.17, 15) is 4.79 Å². The van der Waals surface area contributed by atoms with Crippen molar-refractivity contribution in [2.45, 2.75) is 25.4 Å². The van der Waals surface area contributed by atoms with Gasteiger partial charge in [-0.2, -0.15) is 5.10 Å². The Morgan fingerprint density at radius 1 is 1.22 bits per heavy atom. The van der Waals surface area contributed by atoms with Gasteiger partial charge in [-0.3, -0.25) is 9.48 Å². The highest BCUT2D eigenvalue weighted by Crippen LogP contribution is 2.32. The molecule has 5 rings (SSSR count). The molecule has 1 saturated heterocycles. The monoisotopic (exact) mass is 361 g/mol. The molecule has 1 fully saturated rings. The second-order valence-electron chi connectivity index (χ2n) is 6.77. The summed E-state index contributed by atoms with van der Waals surface area (Å²) in [7, 11) is 0. The summed E-state index contributed by atoms with van der Waals surface area (Å²) < 4.78 is 7.56. The van der Waals surface area contributed by atoms with Gasteiger partial charge in [0.25, 0.3) is 5.91 Å². The number of carbonyl (C=O) groups is 1. The highest BCUT2D eigenvalue weighted by molar-refractivity contribution is 5.92. The quantitative estimate of drug-likeness (QED) is 0.604. The maximum absolute atomic E-state index is 13.0. The summed E-state index contributed by atoms with van der Waals surface area (Å²) in [6, 6.07) is 13.3. The van der Waals surface area contributed by atoms with Gasteiger partial charge in [-0.15, -0.1) is 0 Å². The van der Waals surface area contributed by atoms with Crippen LogP contribution < -0.4 is 0 Å². The number of likely N-dealkylation sites (tertiary alicyclic amines) is 1. The standard InChI is InChI=1S/C20H19N5O2/c26-20(18-9-8-14(27-18)13-24-11-4-10-21-24)25-12-3-7-17(25)19-22-15-5-1-2-6-16(15)23-19/h1-2,4-6,8-11,17H,3,7,12-13H2,(H,22,23)/t17-/m0/s1. The van der Waals surface area contributed by atoms with Crippen LogP contribution in [0.5, 0.6) is 0 Å². The summed E-state index contributed by atoms with van der Waals surface area (Å²) in [5, 5.41) is 4.16. The zero-order chi connectivity index (χ0) is 18.2. The number of hydrogen-bond donors (Lipinski definition) is 1. The van der Waals surface area contributed by atoms with E-state index >= 15 is 0 Å². The van der Waals surface area contributed by atoms with Crippen LogP contribution in [-0.2, 0) is 6.54 Å². The highest BCUT2D eigenvalue weighted by atomic mass is 16.4. The smallest absolute Gasteiger partial charge is 0.290 e. The van der Waals surface area contributed by atoms with Crippen molar-refractivity contribution in [3.8, 4) is 0 Å². The van der Waals surface area contributed by atoms with Crippen LogP contribution in [-0.4, -0.2) is 37.1 Å². The Bertz CT molecular complexity index is 1050. The van der Waals surface area contributed by atoms with Crippen LogP contribution in [0.15, 0.2) is 59.3 Å². The van der Waals surface area contributed by atoms with E-state index in [0.29, 0.717) is 24.6 Å². The number of H-pyrrole nitrogens is 1. The van der Waals surface area contributed by atoms with E-state index < -0.39 is 0 Å². The third kappa shape index (κ3) is 2.91. The molecule has 1 aliphatic heterocycles. The molecule has 27 heavy (non-hydrogen) atoms. The number of amides is 1. The molecule has 0 bridgehead atoms. The van der Waals surface area contributed by atoms with E-state index in [1.54, 1.807) is 16.9 Å². The van der Waals surface area contributed by atoms with Gasteiger partial charge < -0.3 is 14.3 Å². The molecule has 4 heterocycles. The zero-order valence-corrected chi connectivity index (χ0v) is 14.7. The van der Waals surface area contributed by atoms with Crippen LogP contribution in [0.4, 0.5) is 0 Å². The number of aromatic amines is 1. The number of benzene rings is 1. The summed E-state index contributed by atoms with van der Waals surface area (Å²) in [6.07, 6.45) is 5.43. The Kier molecular flexibility index (Phi) is 3.78. The summed E-state index contributed by atoms with van der Waals surface area (Å²) in [5.74, 6) is 1.82. The largest absolute Gasteiger partial charge is 0.454 e. The lowest BCUT2D eigenvalue weighted by atomic mass is 10.2. The number of aromatic nitrogens is 4. The number of furan rings is 1. The zero-order valence-electron chi connectivity index (χ0n) is 14.7. The van der Waals surface area contributed by atoms with Crippen LogP contribution in [0.2, 0.25) is 0 Å². The van der Waals surface area contributed by atoms with Crippen molar-refractivity contribution in [2.75, 3.05) is 6.54 Å². The normalized spacial score (nSPS) is 17.0. The van der Waals surface area contributed by atoms with E-state index in [4.69, 9.17) is 4.42 Å². The lowest BCUT2D eigenvalue weighted by Crippen LogP contribution is -2.30. The minimum absolute atomic E-state index is 0.0513. The van der Waals surface area contributed by atoms with Crippen molar-refractivity contribution in [3.63, 3.8) is 0 Å². The SMILES string of the molecule is O=C(c1ccc(Cn2cccn2)o1)N1CCC[C@H]1c1nc2ccccc2[nH]1. The maximum atomic E-state index is 13.0. The fourth-order valence-electron chi connectivity index (χ4n) is 3.70. The molecule has 3 aromatic heterocycles. The molecule has 0 aliphatic carbocycles. The summed E-state index contributed by atoms with van der Waals surface area (Å²) >= 11 is 0. The first-order valence-electron chi connectivity index (χ1n) is 9.10. The topological polar surface area (TPSA) is 79.9 Å². The number of para-hydroxylation sites is 2. The molecule has 4 aromatic rings. The third-order valence-corrected chi connectivity index (χ3v) is 4.99. The lowest BCUT2D eigenvalue weighted by Gasteiger charge is -2.22. The number of imidazole rings is 1. The second-order valence-corrected chi connectivity index (χ2v) is 6.77. The summed E-state index contributed by atoms with van der Waals surface area (Å²) in [4.78, 5) is 22.9. The minimum Gasteiger partial charge on any atom is -0.454 e. The number of hydrogen-bond acceptors (Lipinski definition) is 4. The van der Waals surface area contributed by atoms with Gasteiger partial charge in [0.15, 0.2) is 5.76 Å². The van der Waals surface area contributed by atoms with Crippen molar-refractivity contribution in [3.05, 3.63) is 72.2 Å².